The van der Waals surface area contributed by atoms with Crippen LogP contribution < -0.4 is 5.32 Å². The first-order valence-electron chi connectivity index (χ1n) is 5.89. The van der Waals surface area contributed by atoms with Crippen LogP contribution in [-0.2, 0) is 11.2 Å². The van der Waals surface area contributed by atoms with E-state index in [9.17, 15) is 4.79 Å². The van der Waals surface area contributed by atoms with Crippen LogP contribution in [0.15, 0.2) is 24.3 Å². The molecule has 17 heavy (non-hydrogen) atoms. The van der Waals surface area contributed by atoms with Crippen molar-refractivity contribution in [3.63, 3.8) is 0 Å². The average molecular weight is 253 g/mol. The van der Waals surface area contributed by atoms with Gasteiger partial charge in [-0.15, -0.1) is 0 Å². The van der Waals surface area contributed by atoms with E-state index in [1.54, 1.807) is 4.90 Å². The Hall–Kier alpha value is -1.06. The van der Waals surface area contributed by atoms with Gasteiger partial charge in [0, 0.05) is 18.6 Å². The molecule has 1 fully saturated rings. The average Bonchev–Trinajstić information content (AvgIpc) is 2.64. The molecule has 0 radical (unpaired) electrons. The molecule has 1 aromatic carbocycles. The molecule has 2 rings (SSSR count). The van der Waals surface area contributed by atoms with Crippen LogP contribution in [0, 0.1) is 0 Å². The van der Waals surface area contributed by atoms with Crippen LogP contribution in [0.3, 0.4) is 0 Å². The normalized spacial score (nSPS) is 20.0. The van der Waals surface area contributed by atoms with Crippen molar-refractivity contribution >= 4 is 17.5 Å². The van der Waals surface area contributed by atoms with Gasteiger partial charge in [0.1, 0.15) is 0 Å². The molecule has 4 heteroatoms. The Morgan fingerprint density at radius 1 is 1.41 bits per heavy atom. The summed E-state index contributed by atoms with van der Waals surface area (Å²) in [5, 5.41) is 4.06. The van der Waals surface area contributed by atoms with Crippen LogP contribution in [0.5, 0.6) is 0 Å². The van der Waals surface area contributed by atoms with Crippen LogP contribution in [0.25, 0.3) is 0 Å². The molecule has 1 aromatic rings. The van der Waals surface area contributed by atoms with E-state index in [1.807, 2.05) is 31.3 Å². The van der Waals surface area contributed by atoms with Crippen LogP contribution in [0.4, 0.5) is 0 Å². The second-order valence-electron chi connectivity index (χ2n) is 4.43. The predicted molar refractivity (Wildman–Crippen MR) is 69.2 cm³/mol. The molecule has 1 heterocycles. The summed E-state index contributed by atoms with van der Waals surface area (Å²) in [4.78, 5) is 13.4. The van der Waals surface area contributed by atoms with Crippen LogP contribution in [-0.4, -0.2) is 37.0 Å². The largest absolute Gasteiger partial charge is 0.344 e. The zero-order valence-electron chi connectivity index (χ0n) is 9.95. The minimum Gasteiger partial charge on any atom is -0.344 e. The van der Waals surface area contributed by atoms with Crippen molar-refractivity contribution in [2.75, 3.05) is 20.1 Å². The number of nitrogens with zero attached hydrogens (tertiary/aromatic N) is 1. The number of hydrogen-bond acceptors (Lipinski definition) is 2. The van der Waals surface area contributed by atoms with Crippen molar-refractivity contribution in [1.29, 1.82) is 0 Å². The lowest BCUT2D eigenvalue weighted by atomic mass is 10.1. The SMILES string of the molecule is CN1CCC(NCCc2ccc(Cl)cc2)C1=O. The molecule has 0 bridgehead atoms. The Bertz CT molecular complexity index is 391. The zero-order valence-corrected chi connectivity index (χ0v) is 10.7. The van der Waals surface area contributed by atoms with Gasteiger partial charge in [-0.2, -0.15) is 0 Å². The van der Waals surface area contributed by atoms with Gasteiger partial charge < -0.3 is 10.2 Å². The minimum atomic E-state index is 0.00676. The number of carbonyl (C=O) groups excluding carboxylic acids is 1. The highest BCUT2D eigenvalue weighted by Crippen LogP contribution is 2.11. The molecule has 1 N–H and O–H groups in total. The van der Waals surface area contributed by atoms with Gasteiger partial charge in [-0.25, -0.2) is 0 Å². The molecular weight excluding hydrogens is 236 g/mol. The molecule has 1 saturated heterocycles. The maximum absolute atomic E-state index is 11.6. The third-order valence-corrected chi connectivity index (χ3v) is 3.40. The Kier molecular flexibility index (Phi) is 4.02. The van der Waals surface area contributed by atoms with E-state index in [2.05, 4.69) is 5.32 Å². The molecule has 3 nitrogen and oxygen atoms in total. The van der Waals surface area contributed by atoms with Crippen LogP contribution in [0.2, 0.25) is 5.02 Å². The van der Waals surface area contributed by atoms with Gasteiger partial charge in [0.05, 0.1) is 6.04 Å². The summed E-state index contributed by atoms with van der Waals surface area (Å²) >= 11 is 5.82. The number of benzene rings is 1. The highest BCUT2D eigenvalue weighted by molar-refractivity contribution is 6.30. The monoisotopic (exact) mass is 252 g/mol. The first-order valence-corrected chi connectivity index (χ1v) is 6.27. The van der Waals surface area contributed by atoms with Crippen molar-refractivity contribution in [3.8, 4) is 0 Å². The second kappa shape index (κ2) is 5.52. The van der Waals surface area contributed by atoms with Crippen LogP contribution >= 0.6 is 11.6 Å². The number of likely N-dealkylation sites (N-methyl/N-ethyl adjacent to an activating group) is 1. The van der Waals surface area contributed by atoms with Gasteiger partial charge in [0.2, 0.25) is 5.91 Å². The minimum absolute atomic E-state index is 0.00676. The number of rotatable bonds is 4. The quantitative estimate of drug-likeness (QED) is 0.885. The number of carbonyl (C=O) groups is 1. The van der Waals surface area contributed by atoms with E-state index in [-0.39, 0.29) is 11.9 Å². The third kappa shape index (κ3) is 3.20. The van der Waals surface area contributed by atoms with Crippen molar-refractivity contribution < 1.29 is 4.79 Å². The lowest BCUT2D eigenvalue weighted by Gasteiger charge is -2.12. The highest BCUT2D eigenvalue weighted by Gasteiger charge is 2.27. The van der Waals surface area contributed by atoms with E-state index in [4.69, 9.17) is 11.6 Å². The van der Waals surface area contributed by atoms with Crippen molar-refractivity contribution in [2.45, 2.75) is 18.9 Å². The fourth-order valence-corrected chi connectivity index (χ4v) is 2.18. The maximum atomic E-state index is 11.6. The van der Waals surface area contributed by atoms with E-state index >= 15 is 0 Å². The van der Waals surface area contributed by atoms with E-state index < -0.39 is 0 Å². The topological polar surface area (TPSA) is 32.3 Å². The van der Waals surface area contributed by atoms with E-state index in [0.717, 1.165) is 31.0 Å². The maximum Gasteiger partial charge on any atom is 0.239 e. The van der Waals surface area contributed by atoms with E-state index in [1.165, 1.54) is 5.56 Å². The molecule has 0 spiro atoms. The number of halogens is 1. The van der Waals surface area contributed by atoms with Crippen molar-refractivity contribution in [2.24, 2.45) is 0 Å². The molecule has 1 atom stereocenters. The number of nitrogens with one attached hydrogen (secondary N) is 1. The molecule has 0 saturated carbocycles. The fraction of sp³-hybridized carbons (Fsp3) is 0.462. The summed E-state index contributed by atoms with van der Waals surface area (Å²) in [7, 11) is 1.85. The lowest BCUT2D eigenvalue weighted by Crippen LogP contribution is -2.37. The second-order valence-corrected chi connectivity index (χ2v) is 4.87. The Morgan fingerprint density at radius 3 is 2.71 bits per heavy atom. The summed E-state index contributed by atoms with van der Waals surface area (Å²) in [5.41, 5.74) is 1.24. The molecule has 1 aliphatic heterocycles. The molecular formula is C13H17ClN2O. The van der Waals surface area contributed by atoms with Gasteiger partial charge in [-0.3, -0.25) is 4.79 Å². The first kappa shape index (κ1) is 12.4. The Morgan fingerprint density at radius 2 is 2.12 bits per heavy atom. The standard InChI is InChI=1S/C13H17ClN2O/c1-16-9-7-12(13(16)17)15-8-6-10-2-4-11(14)5-3-10/h2-5,12,15H,6-9H2,1H3. The van der Waals surface area contributed by atoms with Crippen LogP contribution in [0.1, 0.15) is 12.0 Å². The van der Waals surface area contributed by atoms with E-state index in [0.29, 0.717) is 0 Å². The number of hydrogen-bond donors (Lipinski definition) is 1. The number of likely N-dealkylation sites (tertiary alicyclic amines) is 1. The summed E-state index contributed by atoms with van der Waals surface area (Å²) in [5.74, 6) is 0.209. The Labute approximate surface area is 107 Å². The Balaban J connectivity index is 1.76. The predicted octanol–water partition coefficient (Wildman–Crippen LogP) is 1.70. The summed E-state index contributed by atoms with van der Waals surface area (Å²) in [6, 6.07) is 7.84. The summed E-state index contributed by atoms with van der Waals surface area (Å²) < 4.78 is 0. The lowest BCUT2D eigenvalue weighted by molar-refractivity contribution is -0.128. The molecule has 1 amide bonds. The van der Waals surface area contributed by atoms with Gasteiger partial charge in [-0.05, 0) is 37.1 Å². The summed E-state index contributed by atoms with van der Waals surface area (Å²) in [6.07, 6.45) is 1.83. The van der Waals surface area contributed by atoms with Gasteiger partial charge in [-0.1, -0.05) is 23.7 Å². The summed E-state index contributed by atoms with van der Waals surface area (Å²) in [6.45, 7) is 1.68. The molecule has 1 aliphatic rings. The molecule has 92 valence electrons. The van der Waals surface area contributed by atoms with Gasteiger partial charge in [0.25, 0.3) is 0 Å². The van der Waals surface area contributed by atoms with Crippen molar-refractivity contribution in [3.05, 3.63) is 34.9 Å². The smallest absolute Gasteiger partial charge is 0.239 e. The molecule has 0 aromatic heterocycles. The third-order valence-electron chi connectivity index (χ3n) is 3.15. The number of amides is 1. The first-order chi connectivity index (χ1) is 8.16. The highest BCUT2D eigenvalue weighted by atomic mass is 35.5. The van der Waals surface area contributed by atoms with Gasteiger partial charge in [0.15, 0.2) is 0 Å². The van der Waals surface area contributed by atoms with Gasteiger partial charge >= 0.3 is 0 Å². The zero-order chi connectivity index (χ0) is 12.3. The molecule has 0 aliphatic carbocycles. The molecule has 1 unspecified atom stereocenters. The fourth-order valence-electron chi connectivity index (χ4n) is 2.05. The van der Waals surface area contributed by atoms with Crippen molar-refractivity contribution in [1.82, 2.24) is 10.2 Å².